The summed E-state index contributed by atoms with van der Waals surface area (Å²) in [5.74, 6) is -0.334. The van der Waals surface area contributed by atoms with Crippen LogP contribution in [-0.2, 0) is 11.2 Å². The molecule has 1 N–H and O–H groups in total. The monoisotopic (exact) mass is 447 g/mol. The summed E-state index contributed by atoms with van der Waals surface area (Å²) in [7, 11) is 4.02. The number of hydrogen-bond acceptors (Lipinski definition) is 3. The molecule has 2 atom stereocenters. The topological polar surface area (TPSA) is 52.7 Å². The highest BCUT2D eigenvalue weighted by molar-refractivity contribution is 6.35. The minimum absolute atomic E-state index is 0.117. The van der Waals surface area contributed by atoms with Gasteiger partial charge in [0.2, 0.25) is 5.91 Å². The van der Waals surface area contributed by atoms with E-state index in [1.165, 1.54) is 5.56 Å². The average molecular weight is 448 g/mol. The summed E-state index contributed by atoms with van der Waals surface area (Å²) in [5, 5.41) is 3.87. The molecule has 2 aromatic rings. The fraction of sp³-hybridized carbons (Fsp3) is 0.391. The van der Waals surface area contributed by atoms with E-state index in [0.717, 1.165) is 12.8 Å². The summed E-state index contributed by atoms with van der Waals surface area (Å²) in [5.41, 5.74) is 1.63. The molecule has 1 saturated heterocycles. The van der Waals surface area contributed by atoms with Crippen LogP contribution in [0.15, 0.2) is 48.5 Å². The fourth-order valence-corrected chi connectivity index (χ4v) is 4.31. The Bertz CT molecular complexity index is 869. The molecule has 2 amide bonds. The van der Waals surface area contributed by atoms with Crippen molar-refractivity contribution < 1.29 is 9.59 Å². The highest BCUT2D eigenvalue weighted by Crippen LogP contribution is 2.24. The molecule has 0 bridgehead atoms. The zero-order chi connectivity index (χ0) is 21.7. The van der Waals surface area contributed by atoms with Crippen molar-refractivity contribution in [3.63, 3.8) is 0 Å². The Morgan fingerprint density at radius 1 is 1.13 bits per heavy atom. The number of nitrogens with zero attached hydrogens (tertiary/aromatic N) is 2. The molecular weight excluding hydrogens is 421 g/mol. The van der Waals surface area contributed by atoms with E-state index in [9.17, 15) is 9.59 Å². The van der Waals surface area contributed by atoms with Gasteiger partial charge in [0.15, 0.2) is 0 Å². The van der Waals surface area contributed by atoms with Crippen LogP contribution in [0.25, 0.3) is 0 Å². The lowest BCUT2D eigenvalue weighted by Gasteiger charge is -2.28. The molecule has 7 heteroatoms. The van der Waals surface area contributed by atoms with Crippen molar-refractivity contribution in [3.05, 3.63) is 69.7 Å². The first-order chi connectivity index (χ1) is 14.3. The van der Waals surface area contributed by atoms with Crippen LogP contribution in [0.5, 0.6) is 0 Å². The van der Waals surface area contributed by atoms with Crippen molar-refractivity contribution in [3.8, 4) is 0 Å². The second-order valence-electron chi connectivity index (χ2n) is 7.87. The standard InChI is InChI=1S/C23H27Cl2N3O2/c1-27(2)20(11-16-7-4-3-5-8-16)15-26-22(29)21-9-6-10-28(21)23(30)17-12-18(24)14-19(25)13-17/h3-5,7-8,12-14,20-21H,6,9-11,15H2,1-2H3,(H,26,29). The van der Waals surface area contributed by atoms with Gasteiger partial charge in [-0.2, -0.15) is 0 Å². The van der Waals surface area contributed by atoms with Gasteiger partial charge in [0.1, 0.15) is 6.04 Å². The third kappa shape index (κ3) is 5.75. The largest absolute Gasteiger partial charge is 0.353 e. The van der Waals surface area contributed by atoms with Crippen LogP contribution in [0.2, 0.25) is 10.0 Å². The summed E-state index contributed by atoms with van der Waals surface area (Å²) >= 11 is 12.1. The number of amides is 2. The van der Waals surface area contributed by atoms with Gasteiger partial charge in [0.05, 0.1) is 0 Å². The summed E-state index contributed by atoms with van der Waals surface area (Å²) in [6.07, 6.45) is 2.28. The SMILES string of the molecule is CN(C)C(CNC(=O)C1CCCN1C(=O)c1cc(Cl)cc(Cl)c1)Cc1ccccc1. The first-order valence-electron chi connectivity index (χ1n) is 10.1. The molecule has 0 saturated carbocycles. The minimum atomic E-state index is -0.477. The Hall–Kier alpha value is -2.08. The lowest BCUT2D eigenvalue weighted by atomic mass is 10.0. The molecule has 3 rings (SSSR count). The van der Waals surface area contributed by atoms with Crippen LogP contribution in [0.1, 0.15) is 28.8 Å². The van der Waals surface area contributed by atoms with Crippen molar-refractivity contribution in [1.82, 2.24) is 15.1 Å². The number of rotatable bonds is 7. The average Bonchev–Trinajstić information content (AvgIpc) is 3.20. The molecule has 5 nitrogen and oxygen atoms in total. The van der Waals surface area contributed by atoms with Crippen LogP contribution >= 0.6 is 23.2 Å². The molecule has 1 aliphatic heterocycles. The van der Waals surface area contributed by atoms with E-state index in [1.54, 1.807) is 23.1 Å². The van der Waals surface area contributed by atoms with E-state index < -0.39 is 6.04 Å². The number of likely N-dealkylation sites (tertiary alicyclic amines) is 1. The molecule has 1 fully saturated rings. The molecule has 1 aliphatic rings. The smallest absolute Gasteiger partial charge is 0.254 e. The lowest BCUT2D eigenvalue weighted by Crippen LogP contribution is -2.49. The summed E-state index contributed by atoms with van der Waals surface area (Å²) in [4.78, 5) is 29.6. The molecule has 1 heterocycles. The molecule has 0 spiro atoms. The Morgan fingerprint density at radius 2 is 1.80 bits per heavy atom. The third-order valence-electron chi connectivity index (χ3n) is 5.48. The van der Waals surface area contributed by atoms with Gasteiger partial charge in [-0.15, -0.1) is 0 Å². The quantitative estimate of drug-likeness (QED) is 0.700. The van der Waals surface area contributed by atoms with Gasteiger partial charge < -0.3 is 15.1 Å². The van der Waals surface area contributed by atoms with E-state index in [1.807, 2.05) is 32.3 Å². The minimum Gasteiger partial charge on any atom is -0.353 e. The third-order valence-corrected chi connectivity index (χ3v) is 5.92. The van der Waals surface area contributed by atoms with Crippen molar-refractivity contribution in [2.24, 2.45) is 0 Å². The second kappa shape index (κ2) is 10.3. The first kappa shape index (κ1) is 22.6. The Balaban J connectivity index is 1.64. The molecule has 30 heavy (non-hydrogen) atoms. The van der Waals surface area contributed by atoms with Gasteiger partial charge in [-0.1, -0.05) is 53.5 Å². The van der Waals surface area contributed by atoms with Crippen LogP contribution in [-0.4, -0.2) is 60.9 Å². The van der Waals surface area contributed by atoms with E-state index in [-0.39, 0.29) is 17.9 Å². The fourth-order valence-electron chi connectivity index (χ4n) is 3.79. The Kier molecular flexibility index (Phi) is 7.75. The van der Waals surface area contributed by atoms with Gasteiger partial charge in [0.25, 0.3) is 5.91 Å². The highest BCUT2D eigenvalue weighted by Gasteiger charge is 2.35. The number of hydrogen-bond donors (Lipinski definition) is 1. The Labute approximate surface area is 187 Å². The number of carbonyl (C=O) groups excluding carboxylic acids is 2. The number of carbonyl (C=O) groups is 2. The van der Waals surface area contributed by atoms with E-state index in [4.69, 9.17) is 23.2 Å². The van der Waals surface area contributed by atoms with E-state index in [0.29, 0.717) is 35.1 Å². The normalized spacial score (nSPS) is 17.2. The molecule has 160 valence electrons. The van der Waals surface area contributed by atoms with Crippen LogP contribution < -0.4 is 5.32 Å². The maximum Gasteiger partial charge on any atom is 0.254 e. The van der Waals surface area contributed by atoms with Crippen LogP contribution in [0.4, 0.5) is 0 Å². The van der Waals surface area contributed by atoms with Gasteiger partial charge in [-0.3, -0.25) is 9.59 Å². The number of nitrogens with one attached hydrogen (secondary N) is 1. The zero-order valence-corrected chi connectivity index (χ0v) is 18.8. The van der Waals surface area contributed by atoms with Crippen LogP contribution in [0.3, 0.4) is 0 Å². The van der Waals surface area contributed by atoms with Crippen molar-refractivity contribution in [1.29, 1.82) is 0 Å². The summed E-state index contributed by atoms with van der Waals surface area (Å²) < 4.78 is 0. The van der Waals surface area contributed by atoms with Gasteiger partial charge >= 0.3 is 0 Å². The summed E-state index contributed by atoms with van der Waals surface area (Å²) in [6, 6.07) is 14.7. The Morgan fingerprint density at radius 3 is 2.43 bits per heavy atom. The second-order valence-corrected chi connectivity index (χ2v) is 8.74. The van der Waals surface area contributed by atoms with Crippen molar-refractivity contribution >= 4 is 35.0 Å². The van der Waals surface area contributed by atoms with Crippen molar-refractivity contribution in [2.75, 3.05) is 27.2 Å². The molecular formula is C23H27Cl2N3O2. The molecule has 0 aromatic heterocycles. The lowest BCUT2D eigenvalue weighted by molar-refractivity contribution is -0.125. The highest BCUT2D eigenvalue weighted by atomic mass is 35.5. The molecule has 2 aromatic carbocycles. The molecule has 0 aliphatic carbocycles. The number of benzene rings is 2. The summed E-state index contributed by atoms with van der Waals surface area (Å²) in [6.45, 7) is 1.06. The maximum atomic E-state index is 13.0. The predicted molar refractivity (Wildman–Crippen MR) is 121 cm³/mol. The maximum absolute atomic E-state index is 13.0. The number of halogens is 2. The van der Waals surface area contributed by atoms with Gasteiger partial charge in [0, 0.05) is 34.7 Å². The zero-order valence-electron chi connectivity index (χ0n) is 17.3. The number of likely N-dealkylation sites (N-methyl/N-ethyl adjacent to an activating group) is 1. The van der Waals surface area contributed by atoms with Crippen LogP contribution in [0, 0.1) is 0 Å². The first-order valence-corrected chi connectivity index (χ1v) is 10.9. The van der Waals surface area contributed by atoms with Crippen molar-refractivity contribution in [2.45, 2.75) is 31.3 Å². The predicted octanol–water partition coefficient (Wildman–Crippen LogP) is 3.89. The molecule has 0 radical (unpaired) electrons. The van der Waals surface area contributed by atoms with Gasteiger partial charge in [-0.25, -0.2) is 0 Å². The molecule has 2 unspecified atom stereocenters. The van der Waals surface area contributed by atoms with Gasteiger partial charge in [-0.05, 0) is 57.1 Å². The van der Waals surface area contributed by atoms with E-state index in [2.05, 4.69) is 22.3 Å². The van der Waals surface area contributed by atoms with E-state index >= 15 is 0 Å².